The molecule has 0 bridgehead atoms. The summed E-state index contributed by atoms with van der Waals surface area (Å²) in [6.07, 6.45) is 0. The second-order valence-electron chi connectivity index (χ2n) is 5.16. The molecule has 0 saturated carbocycles. The van der Waals surface area contributed by atoms with Gasteiger partial charge in [0, 0.05) is 23.9 Å². The van der Waals surface area contributed by atoms with Crippen molar-refractivity contribution in [1.29, 1.82) is 0 Å². The number of thiazole rings is 1. The van der Waals surface area contributed by atoms with Gasteiger partial charge in [-0.15, -0.1) is 11.3 Å². The van der Waals surface area contributed by atoms with Crippen molar-refractivity contribution in [3.8, 4) is 0 Å². The number of nitrogens with two attached hydrogens (primary N) is 1. The summed E-state index contributed by atoms with van der Waals surface area (Å²) < 4.78 is 18.2. The second-order valence-corrected chi connectivity index (χ2v) is 6.24. The Hall–Kier alpha value is -1.30. The van der Waals surface area contributed by atoms with E-state index in [0.29, 0.717) is 13.2 Å². The normalized spacial score (nSPS) is 11.8. The highest BCUT2D eigenvalue weighted by molar-refractivity contribution is 7.11. The Morgan fingerprint density at radius 2 is 1.95 bits per heavy atom. The van der Waals surface area contributed by atoms with Crippen molar-refractivity contribution in [1.82, 2.24) is 4.98 Å². The van der Waals surface area contributed by atoms with Crippen LogP contribution >= 0.6 is 11.3 Å². The lowest BCUT2D eigenvalue weighted by Crippen LogP contribution is -2.18. The quantitative estimate of drug-likeness (QED) is 0.921. The fourth-order valence-corrected chi connectivity index (χ4v) is 3.12. The predicted molar refractivity (Wildman–Crippen MR) is 79.2 cm³/mol. The zero-order valence-electron chi connectivity index (χ0n) is 11.9. The minimum atomic E-state index is -0.283. The maximum atomic E-state index is 13.1. The third-order valence-electron chi connectivity index (χ3n) is 3.35. The number of rotatable bonds is 5. The summed E-state index contributed by atoms with van der Waals surface area (Å²) in [4.78, 5) is 5.70. The standard InChI is InChI=1S/C15H19FN2OS/c1-15(2,10-4-6-11(16)7-5-10)14-18-12(9-19-3)13(8-17)20-14/h4-7H,8-9,17H2,1-3H3. The molecule has 1 aromatic heterocycles. The molecule has 0 spiro atoms. The minimum absolute atomic E-state index is 0.230. The Morgan fingerprint density at radius 3 is 2.50 bits per heavy atom. The van der Waals surface area contributed by atoms with E-state index in [0.717, 1.165) is 21.1 Å². The monoisotopic (exact) mass is 294 g/mol. The van der Waals surface area contributed by atoms with E-state index in [2.05, 4.69) is 18.8 Å². The van der Waals surface area contributed by atoms with E-state index < -0.39 is 0 Å². The van der Waals surface area contributed by atoms with Gasteiger partial charge in [-0.3, -0.25) is 0 Å². The molecular weight excluding hydrogens is 275 g/mol. The highest BCUT2D eigenvalue weighted by Gasteiger charge is 2.28. The largest absolute Gasteiger partial charge is 0.378 e. The third-order valence-corrected chi connectivity index (χ3v) is 4.79. The van der Waals surface area contributed by atoms with Gasteiger partial charge in [-0.1, -0.05) is 12.1 Å². The number of halogens is 1. The van der Waals surface area contributed by atoms with Crippen molar-refractivity contribution in [2.24, 2.45) is 5.73 Å². The van der Waals surface area contributed by atoms with Gasteiger partial charge in [0.25, 0.3) is 0 Å². The lowest BCUT2D eigenvalue weighted by atomic mass is 9.85. The molecule has 0 atom stereocenters. The number of hydrogen-bond acceptors (Lipinski definition) is 4. The fraction of sp³-hybridized carbons (Fsp3) is 0.400. The minimum Gasteiger partial charge on any atom is -0.378 e. The predicted octanol–water partition coefficient (Wildman–Crippen LogP) is 3.21. The van der Waals surface area contributed by atoms with Crippen LogP contribution in [-0.2, 0) is 23.3 Å². The molecule has 1 heterocycles. The zero-order valence-corrected chi connectivity index (χ0v) is 12.8. The summed E-state index contributed by atoms with van der Waals surface area (Å²) in [7, 11) is 1.64. The van der Waals surface area contributed by atoms with Crippen LogP contribution in [0.1, 0.15) is 35.0 Å². The summed E-state index contributed by atoms with van der Waals surface area (Å²) in [6, 6.07) is 6.55. The van der Waals surface area contributed by atoms with E-state index in [1.165, 1.54) is 12.1 Å². The van der Waals surface area contributed by atoms with Crippen LogP contribution < -0.4 is 5.73 Å². The lowest BCUT2D eigenvalue weighted by Gasteiger charge is -2.22. The molecule has 0 aliphatic carbocycles. The van der Waals surface area contributed by atoms with Gasteiger partial charge in [0.15, 0.2) is 0 Å². The Bertz CT molecular complexity index is 578. The third kappa shape index (κ3) is 2.90. The first-order chi connectivity index (χ1) is 9.48. The molecule has 3 nitrogen and oxygen atoms in total. The van der Waals surface area contributed by atoms with Crippen LogP contribution in [0.3, 0.4) is 0 Å². The maximum Gasteiger partial charge on any atom is 0.123 e. The first-order valence-corrected chi connectivity index (χ1v) is 7.24. The molecule has 0 amide bonds. The molecule has 0 saturated heterocycles. The highest BCUT2D eigenvalue weighted by atomic mass is 32.1. The molecule has 108 valence electrons. The van der Waals surface area contributed by atoms with Gasteiger partial charge in [0.1, 0.15) is 10.8 Å². The average Bonchev–Trinajstić information content (AvgIpc) is 2.83. The van der Waals surface area contributed by atoms with Crippen molar-refractivity contribution >= 4 is 11.3 Å². The zero-order chi connectivity index (χ0) is 14.8. The molecule has 20 heavy (non-hydrogen) atoms. The highest BCUT2D eigenvalue weighted by Crippen LogP contribution is 2.35. The molecule has 5 heteroatoms. The molecular formula is C15H19FN2OS. The van der Waals surface area contributed by atoms with E-state index in [4.69, 9.17) is 10.5 Å². The van der Waals surface area contributed by atoms with E-state index in [1.54, 1.807) is 30.6 Å². The number of nitrogens with zero attached hydrogens (tertiary/aromatic N) is 1. The second kappa shape index (κ2) is 5.99. The molecule has 1 aromatic carbocycles. The Balaban J connectivity index is 2.40. The van der Waals surface area contributed by atoms with Crippen LogP contribution in [0.4, 0.5) is 4.39 Å². The van der Waals surface area contributed by atoms with Gasteiger partial charge in [-0.2, -0.15) is 0 Å². The Kier molecular flexibility index (Phi) is 4.52. The Morgan fingerprint density at radius 1 is 1.30 bits per heavy atom. The molecule has 0 fully saturated rings. The van der Waals surface area contributed by atoms with E-state index in [-0.39, 0.29) is 11.2 Å². The number of aromatic nitrogens is 1. The van der Waals surface area contributed by atoms with Gasteiger partial charge in [-0.25, -0.2) is 9.37 Å². The molecule has 0 aliphatic rings. The number of benzene rings is 1. The summed E-state index contributed by atoms with van der Waals surface area (Å²) >= 11 is 1.60. The molecule has 0 aliphatic heterocycles. The van der Waals surface area contributed by atoms with Gasteiger partial charge >= 0.3 is 0 Å². The van der Waals surface area contributed by atoms with Gasteiger partial charge < -0.3 is 10.5 Å². The van der Waals surface area contributed by atoms with E-state index in [9.17, 15) is 4.39 Å². The molecule has 0 unspecified atom stereocenters. The smallest absolute Gasteiger partial charge is 0.123 e. The van der Waals surface area contributed by atoms with Crippen LogP contribution in [0.25, 0.3) is 0 Å². The van der Waals surface area contributed by atoms with Gasteiger partial charge in [-0.05, 0) is 31.5 Å². The molecule has 2 aromatic rings. The Labute approximate surface area is 122 Å². The average molecular weight is 294 g/mol. The van der Waals surface area contributed by atoms with Gasteiger partial charge in [0.05, 0.1) is 12.3 Å². The summed E-state index contributed by atoms with van der Waals surface area (Å²) in [5, 5.41) is 0.969. The fourth-order valence-electron chi connectivity index (χ4n) is 2.05. The molecule has 2 rings (SSSR count). The van der Waals surface area contributed by atoms with E-state index >= 15 is 0 Å². The first kappa shape index (κ1) is 15.1. The van der Waals surface area contributed by atoms with Crippen LogP contribution in [0.5, 0.6) is 0 Å². The summed E-state index contributed by atoms with van der Waals surface area (Å²) in [6.45, 7) is 5.07. The van der Waals surface area contributed by atoms with Crippen LogP contribution in [0, 0.1) is 5.82 Å². The van der Waals surface area contributed by atoms with Crippen LogP contribution in [0.15, 0.2) is 24.3 Å². The first-order valence-electron chi connectivity index (χ1n) is 6.43. The summed E-state index contributed by atoms with van der Waals surface area (Å²) in [5.41, 5.74) is 7.40. The van der Waals surface area contributed by atoms with Crippen LogP contribution in [0.2, 0.25) is 0 Å². The van der Waals surface area contributed by atoms with Gasteiger partial charge in [0.2, 0.25) is 0 Å². The van der Waals surface area contributed by atoms with Crippen molar-refractivity contribution < 1.29 is 9.13 Å². The van der Waals surface area contributed by atoms with Crippen LogP contribution in [-0.4, -0.2) is 12.1 Å². The molecule has 2 N–H and O–H groups in total. The summed E-state index contributed by atoms with van der Waals surface area (Å²) in [5.74, 6) is -0.230. The van der Waals surface area contributed by atoms with E-state index in [1.807, 2.05) is 0 Å². The SMILES string of the molecule is COCc1nc(C(C)(C)c2ccc(F)cc2)sc1CN. The topological polar surface area (TPSA) is 48.1 Å². The maximum absolute atomic E-state index is 13.1. The molecule has 0 radical (unpaired) electrons. The number of ether oxygens (including phenoxy) is 1. The number of methoxy groups -OCH3 is 1. The lowest BCUT2D eigenvalue weighted by molar-refractivity contribution is 0.181. The van der Waals surface area contributed by atoms with Crippen molar-refractivity contribution in [3.63, 3.8) is 0 Å². The van der Waals surface area contributed by atoms with Crippen molar-refractivity contribution in [2.75, 3.05) is 7.11 Å². The van der Waals surface area contributed by atoms with Crippen molar-refractivity contribution in [3.05, 3.63) is 51.2 Å². The number of hydrogen-bond donors (Lipinski definition) is 1. The van der Waals surface area contributed by atoms with Crippen molar-refractivity contribution in [2.45, 2.75) is 32.4 Å².